The van der Waals surface area contributed by atoms with Crippen molar-refractivity contribution in [1.82, 2.24) is 0 Å². The van der Waals surface area contributed by atoms with E-state index in [4.69, 9.17) is 4.74 Å². The number of ether oxygens (including phenoxy) is 1. The molecule has 4 aliphatic rings. The van der Waals surface area contributed by atoms with E-state index in [2.05, 4.69) is 48.5 Å². The summed E-state index contributed by atoms with van der Waals surface area (Å²) in [6.45, 7) is 0. The van der Waals surface area contributed by atoms with Gasteiger partial charge in [-0.25, -0.2) is 0 Å². The van der Waals surface area contributed by atoms with Gasteiger partial charge in [0.1, 0.15) is 11.9 Å². The molecule has 0 spiro atoms. The van der Waals surface area contributed by atoms with Gasteiger partial charge < -0.3 is 4.74 Å². The van der Waals surface area contributed by atoms with Crippen molar-refractivity contribution in [1.29, 1.82) is 0 Å². The summed E-state index contributed by atoms with van der Waals surface area (Å²) in [6.07, 6.45) is 20.0. The SMILES string of the molecule is c1cc(CC2CCCCCC2)cc(OC2c3ccccc3CC2CC2CC3CCCC3C2)c1. The van der Waals surface area contributed by atoms with E-state index < -0.39 is 0 Å². The van der Waals surface area contributed by atoms with E-state index in [1.807, 2.05) is 0 Å². The second kappa shape index (κ2) is 9.85. The van der Waals surface area contributed by atoms with Crippen molar-refractivity contribution in [3.63, 3.8) is 0 Å². The predicted octanol–water partition coefficient (Wildman–Crippen LogP) is 8.71. The van der Waals surface area contributed by atoms with Crippen molar-refractivity contribution >= 4 is 0 Å². The standard InChI is InChI=1S/C32H42O/c1-2-4-10-23(9-3-1)17-24-11-7-15-30(21-24)33-32-29(22-28-12-5-6-16-31(28)32)20-25-18-26-13-8-14-27(26)19-25/h5-7,11-12,15-16,21,23,25-27,29,32H,1-4,8-10,13-14,17-20,22H2. The number of hydrogen-bond donors (Lipinski definition) is 0. The first-order valence-electron chi connectivity index (χ1n) is 14.1. The summed E-state index contributed by atoms with van der Waals surface area (Å²) in [6, 6.07) is 18.2. The molecule has 0 amide bonds. The second-order valence-electron chi connectivity index (χ2n) is 11.9. The monoisotopic (exact) mass is 442 g/mol. The molecular formula is C32H42O. The molecule has 0 saturated heterocycles. The van der Waals surface area contributed by atoms with Gasteiger partial charge in [-0.15, -0.1) is 0 Å². The van der Waals surface area contributed by atoms with Crippen LogP contribution in [0.25, 0.3) is 0 Å². The van der Waals surface area contributed by atoms with Crippen LogP contribution < -0.4 is 4.74 Å². The summed E-state index contributed by atoms with van der Waals surface area (Å²) in [5.74, 6) is 5.60. The van der Waals surface area contributed by atoms with Gasteiger partial charge in [0.05, 0.1) is 0 Å². The molecule has 3 saturated carbocycles. The first-order chi connectivity index (χ1) is 16.3. The minimum atomic E-state index is 0.231. The molecule has 2 aromatic carbocycles. The van der Waals surface area contributed by atoms with Gasteiger partial charge in [-0.3, -0.25) is 0 Å². The Balaban J connectivity index is 1.16. The molecule has 4 unspecified atom stereocenters. The highest BCUT2D eigenvalue weighted by Crippen LogP contribution is 2.51. The summed E-state index contributed by atoms with van der Waals surface area (Å²) in [4.78, 5) is 0. The Morgan fingerprint density at radius 2 is 1.52 bits per heavy atom. The lowest BCUT2D eigenvalue weighted by atomic mass is 9.88. The molecule has 0 radical (unpaired) electrons. The van der Waals surface area contributed by atoms with E-state index in [0.29, 0.717) is 5.92 Å². The minimum absolute atomic E-state index is 0.231. The second-order valence-corrected chi connectivity index (χ2v) is 11.9. The van der Waals surface area contributed by atoms with Gasteiger partial charge in [-0.05, 0) is 84.6 Å². The number of benzene rings is 2. The third kappa shape index (κ3) is 4.89. The molecule has 2 aromatic rings. The van der Waals surface area contributed by atoms with Crippen LogP contribution in [-0.2, 0) is 12.8 Å². The van der Waals surface area contributed by atoms with E-state index in [-0.39, 0.29) is 6.10 Å². The predicted molar refractivity (Wildman–Crippen MR) is 137 cm³/mol. The van der Waals surface area contributed by atoms with Crippen molar-refractivity contribution in [3.05, 3.63) is 65.2 Å². The maximum absolute atomic E-state index is 6.87. The highest BCUT2D eigenvalue weighted by molar-refractivity contribution is 5.37. The van der Waals surface area contributed by atoms with Gasteiger partial charge in [-0.1, -0.05) is 94.2 Å². The van der Waals surface area contributed by atoms with Crippen LogP contribution in [0.4, 0.5) is 0 Å². The lowest BCUT2D eigenvalue weighted by Gasteiger charge is -2.25. The molecule has 1 heteroatoms. The summed E-state index contributed by atoms with van der Waals surface area (Å²) in [5, 5.41) is 0. The lowest BCUT2D eigenvalue weighted by molar-refractivity contribution is 0.130. The number of hydrogen-bond acceptors (Lipinski definition) is 1. The first-order valence-corrected chi connectivity index (χ1v) is 14.1. The van der Waals surface area contributed by atoms with Crippen LogP contribution in [0.3, 0.4) is 0 Å². The Bertz CT molecular complexity index is 912. The quantitative estimate of drug-likeness (QED) is 0.406. The maximum Gasteiger partial charge on any atom is 0.127 e. The minimum Gasteiger partial charge on any atom is -0.485 e. The zero-order valence-corrected chi connectivity index (χ0v) is 20.4. The van der Waals surface area contributed by atoms with Gasteiger partial charge in [-0.2, -0.15) is 0 Å². The molecule has 4 atom stereocenters. The van der Waals surface area contributed by atoms with Crippen LogP contribution >= 0.6 is 0 Å². The molecule has 0 aliphatic heterocycles. The summed E-state index contributed by atoms with van der Waals surface area (Å²) in [5.41, 5.74) is 4.46. The van der Waals surface area contributed by atoms with Gasteiger partial charge in [0.15, 0.2) is 0 Å². The van der Waals surface area contributed by atoms with Crippen LogP contribution in [0.5, 0.6) is 5.75 Å². The van der Waals surface area contributed by atoms with Crippen molar-refractivity contribution in [2.75, 3.05) is 0 Å². The zero-order valence-electron chi connectivity index (χ0n) is 20.4. The van der Waals surface area contributed by atoms with Gasteiger partial charge in [0.25, 0.3) is 0 Å². The van der Waals surface area contributed by atoms with Crippen LogP contribution in [-0.4, -0.2) is 0 Å². The normalized spacial score (nSPS) is 31.8. The van der Waals surface area contributed by atoms with E-state index in [1.165, 1.54) is 107 Å². The van der Waals surface area contributed by atoms with Crippen LogP contribution in [0.2, 0.25) is 0 Å². The molecule has 33 heavy (non-hydrogen) atoms. The van der Waals surface area contributed by atoms with Crippen LogP contribution in [0.1, 0.15) is 99.8 Å². The van der Waals surface area contributed by atoms with Gasteiger partial charge in [0, 0.05) is 5.92 Å². The third-order valence-electron chi connectivity index (χ3n) is 9.66. The Morgan fingerprint density at radius 1 is 0.727 bits per heavy atom. The summed E-state index contributed by atoms with van der Waals surface area (Å²) in [7, 11) is 0. The summed E-state index contributed by atoms with van der Waals surface area (Å²) < 4.78 is 6.87. The van der Waals surface area contributed by atoms with Gasteiger partial charge >= 0.3 is 0 Å². The fraction of sp³-hybridized carbons (Fsp3) is 0.625. The average Bonchev–Trinajstić information content (AvgIpc) is 3.44. The fourth-order valence-corrected chi connectivity index (χ4v) is 8.11. The Kier molecular flexibility index (Phi) is 6.49. The van der Waals surface area contributed by atoms with Crippen molar-refractivity contribution < 1.29 is 4.74 Å². The summed E-state index contributed by atoms with van der Waals surface area (Å²) >= 11 is 0. The van der Waals surface area contributed by atoms with Crippen LogP contribution in [0.15, 0.2) is 48.5 Å². The molecule has 0 heterocycles. The average molecular weight is 443 g/mol. The van der Waals surface area contributed by atoms with Crippen LogP contribution in [0, 0.1) is 29.6 Å². The molecule has 6 rings (SSSR count). The molecule has 0 aromatic heterocycles. The van der Waals surface area contributed by atoms with Crippen molar-refractivity contribution in [2.45, 2.75) is 96.0 Å². The van der Waals surface area contributed by atoms with Crippen molar-refractivity contribution in [2.24, 2.45) is 29.6 Å². The third-order valence-corrected chi connectivity index (χ3v) is 9.66. The van der Waals surface area contributed by atoms with Gasteiger partial charge in [0.2, 0.25) is 0 Å². The first kappa shape index (κ1) is 21.8. The Labute approximate surface area is 201 Å². The molecule has 176 valence electrons. The molecule has 1 nitrogen and oxygen atoms in total. The maximum atomic E-state index is 6.87. The molecular weight excluding hydrogens is 400 g/mol. The fourth-order valence-electron chi connectivity index (χ4n) is 8.11. The van der Waals surface area contributed by atoms with E-state index in [9.17, 15) is 0 Å². The highest BCUT2D eigenvalue weighted by atomic mass is 16.5. The molecule has 0 N–H and O–H groups in total. The topological polar surface area (TPSA) is 9.23 Å². The van der Waals surface area contributed by atoms with E-state index >= 15 is 0 Å². The zero-order chi connectivity index (χ0) is 22.0. The smallest absolute Gasteiger partial charge is 0.127 e. The van der Waals surface area contributed by atoms with Crippen molar-refractivity contribution in [3.8, 4) is 5.75 Å². The van der Waals surface area contributed by atoms with E-state index in [0.717, 1.165) is 29.4 Å². The largest absolute Gasteiger partial charge is 0.485 e. The molecule has 4 aliphatic carbocycles. The highest BCUT2D eigenvalue weighted by Gasteiger charge is 2.41. The Morgan fingerprint density at radius 3 is 2.33 bits per heavy atom. The molecule has 3 fully saturated rings. The lowest BCUT2D eigenvalue weighted by Crippen LogP contribution is -2.18. The molecule has 0 bridgehead atoms. The number of fused-ring (bicyclic) bond motifs is 2. The Hall–Kier alpha value is -1.76. The number of rotatable bonds is 6. The van der Waals surface area contributed by atoms with E-state index in [1.54, 1.807) is 0 Å².